The number of hydrogen-bond donors (Lipinski definition) is 1. The SMILES string of the molecule is Cc1nc2ccccn2c1CNC(=O)/C=C/c1ccc(Cl)cc1Cl. The summed E-state index contributed by atoms with van der Waals surface area (Å²) >= 11 is 11.9. The van der Waals surface area contributed by atoms with Crippen molar-refractivity contribution in [2.45, 2.75) is 13.5 Å². The van der Waals surface area contributed by atoms with Crippen LogP contribution in [0.3, 0.4) is 0 Å². The quantitative estimate of drug-likeness (QED) is 0.706. The Bertz CT molecular complexity index is 931. The van der Waals surface area contributed by atoms with E-state index in [9.17, 15) is 4.79 Å². The van der Waals surface area contributed by atoms with E-state index in [2.05, 4.69) is 10.3 Å². The van der Waals surface area contributed by atoms with Crippen LogP contribution in [0.2, 0.25) is 10.0 Å². The number of imidazole rings is 1. The van der Waals surface area contributed by atoms with Crippen molar-refractivity contribution >= 4 is 40.8 Å². The van der Waals surface area contributed by atoms with Gasteiger partial charge >= 0.3 is 0 Å². The van der Waals surface area contributed by atoms with E-state index in [-0.39, 0.29) is 5.91 Å². The normalized spacial score (nSPS) is 11.3. The third kappa shape index (κ3) is 3.61. The molecule has 0 aliphatic heterocycles. The van der Waals surface area contributed by atoms with Crippen molar-refractivity contribution in [2.24, 2.45) is 0 Å². The smallest absolute Gasteiger partial charge is 0.244 e. The minimum atomic E-state index is -0.203. The first-order chi connectivity index (χ1) is 11.5. The van der Waals surface area contributed by atoms with Crippen molar-refractivity contribution in [3.8, 4) is 0 Å². The Morgan fingerprint density at radius 3 is 2.92 bits per heavy atom. The maximum Gasteiger partial charge on any atom is 0.244 e. The Labute approximate surface area is 149 Å². The Morgan fingerprint density at radius 2 is 2.12 bits per heavy atom. The zero-order valence-electron chi connectivity index (χ0n) is 13.0. The molecule has 0 atom stereocenters. The molecule has 3 aromatic rings. The van der Waals surface area contributed by atoms with E-state index in [1.807, 2.05) is 35.7 Å². The number of aromatic nitrogens is 2. The molecule has 1 aromatic carbocycles. The predicted octanol–water partition coefficient (Wildman–Crippen LogP) is 4.28. The van der Waals surface area contributed by atoms with Gasteiger partial charge in [-0.25, -0.2) is 4.98 Å². The fourth-order valence-corrected chi connectivity index (χ4v) is 2.88. The Morgan fingerprint density at radius 1 is 1.29 bits per heavy atom. The number of carbonyl (C=O) groups is 1. The van der Waals surface area contributed by atoms with Crippen LogP contribution in [0.15, 0.2) is 48.7 Å². The van der Waals surface area contributed by atoms with Gasteiger partial charge in [-0.1, -0.05) is 35.3 Å². The standard InChI is InChI=1S/C18H15Cl2N3O/c1-12-16(23-9-3-2-4-17(23)22-12)11-21-18(24)8-6-13-5-7-14(19)10-15(13)20/h2-10H,11H2,1H3,(H,21,24)/b8-6+. The maximum atomic E-state index is 12.0. The van der Waals surface area contributed by atoms with Gasteiger partial charge in [0.1, 0.15) is 5.65 Å². The summed E-state index contributed by atoms with van der Waals surface area (Å²) in [6.45, 7) is 2.33. The molecule has 1 amide bonds. The van der Waals surface area contributed by atoms with E-state index in [1.54, 1.807) is 24.3 Å². The van der Waals surface area contributed by atoms with E-state index in [0.29, 0.717) is 16.6 Å². The number of benzene rings is 1. The van der Waals surface area contributed by atoms with Gasteiger partial charge in [0, 0.05) is 22.3 Å². The lowest BCUT2D eigenvalue weighted by Gasteiger charge is -2.04. The van der Waals surface area contributed by atoms with Gasteiger partial charge in [-0.05, 0) is 42.8 Å². The molecule has 3 rings (SSSR count). The molecule has 2 aromatic heterocycles. The van der Waals surface area contributed by atoms with Gasteiger partial charge in [0.25, 0.3) is 0 Å². The molecule has 0 aliphatic rings. The van der Waals surface area contributed by atoms with E-state index in [0.717, 1.165) is 22.6 Å². The second kappa shape index (κ2) is 7.07. The van der Waals surface area contributed by atoms with Crippen molar-refractivity contribution in [3.05, 3.63) is 75.7 Å². The van der Waals surface area contributed by atoms with Gasteiger partial charge < -0.3 is 9.72 Å². The van der Waals surface area contributed by atoms with Crippen LogP contribution in [0.5, 0.6) is 0 Å². The second-order valence-corrected chi connectivity index (χ2v) is 6.13. The highest BCUT2D eigenvalue weighted by molar-refractivity contribution is 6.35. The molecule has 1 N–H and O–H groups in total. The topological polar surface area (TPSA) is 46.4 Å². The van der Waals surface area contributed by atoms with E-state index in [1.165, 1.54) is 6.08 Å². The van der Waals surface area contributed by atoms with E-state index >= 15 is 0 Å². The molecule has 0 saturated heterocycles. The fourth-order valence-electron chi connectivity index (χ4n) is 2.41. The molecule has 0 unspecified atom stereocenters. The summed E-state index contributed by atoms with van der Waals surface area (Å²) in [5.41, 5.74) is 3.45. The van der Waals surface area contributed by atoms with Crippen molar-refractivity contribution in [1.82, 2.24) is 14.7 Å². The molecule has 122 valence electrons. The molecule has 0 saturated carbocycles. The average molecular weight is 360 g/mol. The van der Waals surface area contributed by atoms with Gasteiger partial charge in [-0.3, -0.25) is 4.79 Å². The second-order valence-electron chi connectivity index (χ2n) is 5.29. The molecule has 0 fully saturated rings. The molecule has 0 aliphatic carbocycles. The molecular formula is C18H15Cl2N3O. The molecule has 24 heavy (non-hydrogen) atoms. The third-order valence-electron chi connectivity index (χ3n) is 3.64. The molecule has 2 heterocycles. The maximum absolute atomic E-state index is 12.0. The summed E-state index contributed by atoms with van der Waals surface area (Å²) in [7, 11) is 0. The van der Waals surface area contributed by atoms with Crippen LogP contribution in [0, 0.1) is 6.92 Å². The molecule has 4 nitrogen and oxygen atoms in total. The summed E-state index contributed by atoms with van der Waals surface area (Å²) < 4.78 is 1.97. The summed E-state index contributed by atoms with van der Waals surface area (Å²) in [6.07, 6.45) is 5.04. The molecule has 6 heteroatoms. The van der Waals surface area contributed by atoms with Crippen LogP contribution in [0.25, 0.3) is 11.7 Å². The largest absolute Gasteiger partial charge is 0.347 e. The van der Waals surface area contributed by atoms with Gasteiger partial charge in [-0.15, -0.1) is 0 Å². The Kier molecular flexibility index (Phi) is 4.88. The van der Waals surface area contributed by atoms with Gasteiger partial charge in [-0.2, -0.15) is 0 Å². The lowest BCUT2D eigenvalue weighted by Crippen LogP contribution is -2.21. The molecule has 0 bridgehead atoms. The number of fused-ring (bicyclic) bond motifs is 1. The zero-order valence-corrected chi connectivity index (χ0v) is 14.5. The number of pyridine rings is 1. The molecule has 0 radical (unpaired) electrons. The monoisotopic (exact) mass is 359 g/mol. The van der Waals surface area contributed by atoms with Gasteiger partial charge in [0.15, 0.2) is 0 Å². The first-order valence-electron chi connectivity index (χ1n) is 7.38. The predicted molar refractivity (Wildman–Crippen MR) is 97.3 cm³/mol. The number of rotatable bonds is 4. The highest BCUT2D eigenvalue weighted by atomic mass is 35.5. The lowest BCUT2D eigenvalue weighted by atomic mass is 10.2. The number of aryl methyl sites for hydroxylation is 1. The van der Waals surface area contributed by atoms with Crippen molar-refractivity contribution in [2.75, 3.05) is 0 Å². The van der Waals surface area contributed by atoms with Crippen LogP contribution >= 0.6 is 23.2 Å². The van der Waals surface area contributed by atoms with Crippen LogP contribution < -0.4 is 5.32 Å². The summed E-state index contributed by atoms with van der Waals surface area (Å²) in [5, 5.41) is 3.93. The number of halogens is 2. The molecular weight excluding hydrogens is 345 g/mol. The van der Waals surface area contributed by atoms with Crippen molar-refractivity contribution in [1.29, 1.82) is 0 Å². The summed E-state index contributed by atoms with van der Waals surface area (Å²) in [5.74, 6) is -0.203. The van der Waals surface area contributed by atoms with Crippen molar-refractivity contribution < 1.29 is 4.79 Å². The number of nitrogens with one attached hydrogen (secondary N) is 1. The number of amides is 1. The minimum Gasteiger partial charge on any atom is -0.347 e. The lowest BCUT2D eigenvalue weighted by molar-refractivity contribution is -0.116. The summed E-state index contributed by atoms with van der Waals surface area (Å²) in [6, 6.07) is 10.9. The first kappa shape index (κ1) is 16.6. The number of hydrogen-bond acceptors (Lipinski definition) is 2. The minimum absolute atomic E-state index is 0.203. The molecule has 0 spiro atoms. The third-order valence-corrected chi connectivity index (χ3v) is 4.20. The number of carbonyl (C=O) groups excluding carboxylic acids is 1. The van der Waals surface area contributed by atoms with Crippen molar-refractivity contribution in [3.63, 3.8) is 0 Å². The van der Waals surface area contributed by atoms with E-state index in [4.69, 9.17) is 23.2 Å². The summed E-state index contributed by atoms with van der Waals surface area (Å²) in [4.78, 5) is 16.5. The zero-order chi connectivity index (χ0) is 17.1. The Hall–Kier alpha value is -2.30. The fraction of sp³-hybridized carbons (Fsp3) is 0.111. The number of nitrogens with zero attached hydrogens (tertiary/aromatic N) is 2. The van der Waals surface area contributed by atoms with Gasteiger partial charge in [0.05, 0.1) is 17.9 Å². The van der Waals surface area contributed by atoms with Crippen LogP contribution in [-0.4, -0.2) is 15.3 Å². The first-order valence-corrected chi connectivity index (χ1v) is 8.14. The van der Waals surface area contributed by atoms with Crippen LogP contribution in [-0.2, 0) is 11.3 Å². The highest BCUT2D eigenvalue weighted by Gasteiger charge is 2.08. The van der Waals surface area contributed by atoms with Crippen LogP contribution in [0.1, 0.15) is 17.0 Å². The Balaban J connectivity index is 1.69. The van der Waals surface area contributed by atoms with Gasteiger partial charge in [0.2, 0.25) is 5.91 Å². The van der Waals surface area contributed by atoms with E-state index < -0.39 is 0 Å². The van der Waals surface area contributed by atoms with Crippen LogP contribution in [0.4, 0.5) is 0 Å². The highest BCUT2D eigenvalue weighted by Crippen LogP contribution is 2.21. The average Bonchev–Trinajstić information content (AvgIpc) is 2.87.